The van der Waals surface area contributed by atoms with Crippen LogP contribution in [-0.4, -0.2) is 26.2 Å². The predicted octanol–water partition coefficient (Wildman–Crippen LogP) is 3.31. The van der Waals surface area contributed by atoms with Crippen molar-refractivity contribution in [2.75, 3.05) is 14.2 Å². The van der Waals surface area contributed by atoms with Crippen LogP contribution in [0.4, 0.5) is 0 Å². The van der Waals surface area contributed by atoms with Gasteiger partial charge in [0.1, 0.15) is 0 Å². The summed E-state index contributed by atoms with van der Waals surface area (Å²) in [6.07, 6.45) is 5.40. The van der Waals surface area contributed by atoms with E-state index in [-0.39, 0.29) is 12.8 Å². The molecular weight excluding hydrogens is 304 g/mol. The van der Waals surface area contributed by atoms with E-state index < -0.39 is 17.4 Å². The fraction of sp³-hybridized carbons (Fsp3) is 0.400. The molecule has 128 valence electrons. The number of hydrogen-bond donors (Lipinski definition) is 0. The molecule has 0 aromatic heterocycles. The van der Waals surface area contributed by atoms with Gasteiger partial charge in [-0.3, -0.25) is 9.59 Å². The van der Waals surface area contributed by atoms with Gasteiger partial charge in [0.15, 0.2) is 5.41 Å². The number of esters is 2. The molecule has 1 rings (SSSR count). The summed E-state index contributed by atoms with van der Waals surface area (Å²) in [4.78, 5) is 24.5. The Morgan fingerprint density at radius 1 is 1.04 bits per heavy atom. The topological polar surface area (TPSA) is 52.6 Å². The van der Waals surface area contributed by atoms with Gasteiger partial charge in [0.05, 0.1) is 14.2 Å². The third-order valence-electron chi connectivity index (χ3n) is 3.67. The third kappa shape index (κ3) is 5.27. The van der Waals surface area contributed by atoms with Crippen molar-refractivity contribution in [1.82, 2.24) is 0 Å². The monoisotopic (exact) mass is 328 g/mol. The fourth-order valence-electron chi connectivity index (χ4n) is 2.31. The summed E-state index contributed by atoms with van der Waals surface area (Å²) in [6.45, 7) is 1.91. The second-order valence-corrected chi connectivity index (χ2v) is 5.31. The van der Waals surface area contributed by atoms with Crippen molar-refractivity contribution in [3.63, 3.8) is 0 Å². The van der Waals surface area contributed by atoms with Gasteiger partial charge in [-0.2, -0.15) is 0 Å². The summed E-state index contributed by atoms with van der Waals surface area (Å²) >= 11 is 0. The highest BCUT2D eigenvalue weighted by atomic mass is 16.5. The van der Waals surface area contributed by atoms with Gasteiger partial charge < -0.3 is 9.47 Å². The van der Waals surface area contributed by atoms with Crippen LogP contribution in [0.25, 0.3) is 0 Å². The molecule has 0 bridgehead atoms. The van der Waals surface area contributed by atoms with Crippen LogP contribution < -0.4 is 0 Å². The Morgan fingerprint density at radius 3 is 2.21 bits per heavy atom. The lowest BCUT2D eigenvalue weighted by atomic mass is 9.81. The van der Waals surface area contributed by atoms with Gasteiger partial charge in [0.25, 0.3) is 0 Å². The van der Waals surface area contributed by atoms with E-state index in [1.165, 1.54) is 14.2 Å². The Morgan fingerprint density at radius 2 is 1.67 bits per heavy atom. The van der Waals surface area contributed by atoms with E-state index in [1.54, 1.807) is 0 Å². The van der Waals surface area contributed by atoms with E-state index in [2.05, 4.69) is 11.8 Å². The van der Waals surface area contributed by atoms with Gasteiger partial charge in [-0.05, 0) is 18.4 Å². The Labute approximate surface area is 143 Å². The predicted molar refractivity (Wildman–Crippen MR) is 93.1 cm³/mol. The first-order valence-electron chi connectivity index (χ1n) is 7.92. The maximum Gasteiger partial charge on any atom is 0.324 e. The molecule has 0 unspecified atom stereocenters. The zero-order valence-electron chi connectivity index (χ0n) is 14.5. The highest BCUT2D eigenvalue weighted by Crippen LogP contribution is 2.30. The molecule has 1 aromatic carbocycles. The molecule has 4 heteroatoms. The largest absolute Gasteiger partial charge is 0.468 e. The zero-order chi connectivity index (χ0) is 17.8. The standard InChI is InChI=1S/C20H24O4/c1-4-5-10-15-20(18(21)23-2,19(22)24-3)16-11-9-14-17-12-7-6-8-13-17/h6-9,11-13H,4,14-16H2,1-3H3/b11-9+. The van der Waals surface area contributed by atoms with Gasteiger partial charge in [-0.15, -0.1) is 11.8 Å². The first-order chi connectivity index (χ1) is 11.6. The molecule has 0 saturated carbocycles. The Balaban J connectivity index is 2.93. The van der Waals surface area contributed by atoms with Crippen molar-refractivity contribution >= 4 is 11.9 Å². The lowest BCUT2D eigenvalue weighted by Gasteiger charge is -2.24. The molecule has 0 aliphatic rings. The average molecular weight is 328 g/mol. The van der Waals surface area contributed by atoms with E-state index in [1.807, 2.05) is 49.4 Å². The fourth-order valence-corrected chi connectivity index (χ4v) is 2.31. The first kappa shape index (κ1) is 19.5. The van der Waals surface area contributed by atoms with Gasteiger partial charge in [0.2, 0.25) is 0 Å². The zero-order valence-corrected chi connectivity index (χ0v) is 14.5. The number of carbonyl (C=O) groups excluding carboxylic acids is 2. The summed E-state index contributed by atoms with van der Waals surface area (Å²) in [5, 5.41) is 0. The SMILES string of the molecule is CCC#CCC(C/C=C/Cc1ccccc1)(C(=O)OC)C(=O)OC. The van der Waals surface area contributed by atoms with Crippen LogP contribution in [0.1, 0.15) is 31.7 Å². The maximum absolute atomic E-state index is 12.3. The van der Waals surface area contributed by atoms with E-state index in [9.17, 15) is 9.59 Å². The molecule has 0 spiro atoms. The summed E-state index contributed by atoms with van der Waals surface area (Å²) in [6, 6.07) is 9.93. The van der Waals surface area contributed by atoms with Crippen LogP contribution in [0.3, 0.4) is 0 Å². The van der Waals surface area contributed by atoms with E-state index in [0.29, 0.717) is 6.42 Å². The van der Waals surface area contributed by atoms with Crippen LogP contribution in [0.15, 0.2) is 42.5 Å². The van der Waals surface area contributed by atoms with E-state index in [0.717, 1.165) is 12.0 Å². The summed E-state index contributed by atoms with van der Waals surface area (Å²) in [7, 11) is 2.53. The molecule has 0 aliphatic carbocycles. The van der Waals surface area contributed by atoms with Gasteiger partial charge in [-0.1, -0.05) is 49.4 Å². The average Bonchev–Trinajstić information content (AvgIpc) is 2.63. The minimum Gasteiger partial charge on any atom is -0.468 e. The van der Waals surface area contributed by atoms with E-state index in [4.69, 9.17) is 9.47 Å². The van der Waals surface area contributed by atoms with Gasteiger partial charge in [0, 0.05) is 12.8 Å². The minimum atomic E-state index is -1.42. The second-order valence-electron chi connectivity index (χ2n) is 5.31. The Kier molecular flexibility index (Phi) is 8.35. The number of allylic oxidation sites excluding steroid dienone is 2. The maximum atomic E-state index is 12.3. The molecule has 24 heavy (non-hydrogen) atoms. The number of benzene rings is 1. The molecule has 0 atom stereocenters. The normalized spacial score (nSPS) is 10.8. The molecule has 4 nitrogen and oxygen atoms in total. The Bertz CT molecular complexity index is 604. The lowest BCUT2D eigenvalue weighted by Crippen LogP contribution is -2.40. The van der Waals surface area contributed by atoms with Crippen LogP contribution in [0.5, 0.6) is 0 Å². The van der Waals surface area contributed by atoms with Crippen molar-refractivity contribution in [2.24, 2.45) is 5.41 Å². The second kappa shape index (κ2) is 10.3. The van der Waals surface area contributed by atoms with Crippen LogP contribution >= 0.6 is 0 Å². The van der Waals surface area contributed by atoms with Crippen molar-refractivity contribution in [3.8, 4) is 11.8 Å². The summed E-state index contributed by atoms with van der Waals surface area (Å²) in [5.74, 6) is 4.53. The molecule has 0 fully saturated rings. The molecule has 0 heterocycles. The lowest BCUT2D eigenvalue weighted by molar-refractivity contribution is -0.168. The Hall–Kier alpha value is -2.54. The molecule has 1 aromatic rings. The summed E-state index contributed by atoms with van der Waals surface area (Å²) < 4.78 is 9.69. The molecular formula is C20H24O4. The van der Waals surface area contributed by atoms with E-state index >= 15 is 0 Å². The summed E-state index contributed by atoms with van der Waals surface area (Å²) in [5.41, 5.74) is -0.264. The van der Waals surface area contributed by atoms with Crippen molar-refractivity contribution in [2.45, 2.75) is 32.6 Å². The molecule has 0 N–H and O–H groups in total. The molecule has 0 aliphatic heterocycles. The van der Waals surface area contributed by atoms with Crippen molar-refractivity contribution < 1.29 is 19.1 Å². The van der Waals surface area contributed by atoms with Crippen molar-refractivity contribution in [3.05, 3.63) is 48.0 Å². The smallest absolute Gasteiger partial charge is 0.324 e. The van der Waals surface area contributed by atoms with Gasteiger partial charge in [-0.25, -0.2) is 0 Å². The molecule has 0 amide bonds. The van der Waals surface area contributed by atoms with Gasteiger partial charge >= 0.3 is 11.9 Å². The minimum absolute atomic E-state index is 0.0792. The highest BCUT2D eigenvalue weighted by molar-refractivity contribution is 6.00. The number of rotatable bonds is 7. The number of ether oxygens (including phenoxy) is 2. The number of methoxy groups -OCH3 is 2. The number of hydrogen-bond acceptors (Lipinski definition) is 4. The number of carbonyl (C=O) groups is 2. The van der Waals surface area contributed by atoms with Crippen molar-refractivity contribution in [1.29, 1.82) is 0 Å². The van der Waals surface area contributed by atoms with Crippen LogP contribution in [0, 0.1) is 17.3 Å². The first-order valence-corrected chi connectivity index (χ1v) is 7.92. The molecule has 0 saturated heterocycles. The third-order valence-corrected chi connectivity index (χ3v) is 3.67. The highest BCUT2D eigenvalue weighted by Gasteiger charge is 2.47. The quantitative estimate of drug-likeness (QED) is 0.333. The van der Waals surface area contributed by atoms with Crippen LogP contribution in [-0.2, 0) is 25.5 Å². The van der Waals surface area contributed by atoms with Crippen LogP contribution in [0.2, 0.25) is 0 Å². The molecule has 0 radical (unpaired) electrons.